The lowest BCUT2D eigenvalue weighted by molar-refractivity contribution is 0.194. The van der Waals surface area contributed by atoms with E-state index in [4.69, 9.17) is 16.7 Å². The number of aromatic nitrogens is 1. The van der Waals surface area contributed by atoms with Gasteiger partial charge in [-0.2, -0.15) is 5.10 Å². The SMILES string of the molecule is CC1(C)[C@@H]2CC[C@@]1(C)/C(=N/Nc1ncc(-c3ccc(Cl)cc3)s1)C2. The molecule has 0 unspecified atom stereocenters. The van der Waals surface area contributed by atoms with E-state index in [-0.39, 0.29) is 5.41 Å². The summed E-state index contributed by atoms with van der Waals surface area (Å²) in [6.45, 7) is 7.17. The Morgan fingerprint density at radius 3 is 2.62 bits per heavy atom. The molecule has 2 aliphatic carbocycles. The summed E-state index contributed by atoms with van der Waals surface area (Å²) in [5, 5.41) is 6.35. The van der Waals surface area contributed by atoms with E-state index in [1.807, 2.05) is 30.5 Å². The molecule has 2 aliphatic rings. The lowest BCUT2D eigenvalue weighted by Crippen LogP contribution is -2.32. The molecule has 4 rings (SSSR count). The second-order valence-corrected chi connectivity index (χ2v) is 9.17. The molecule has 2 fully saturated rings. The number of hydrazone groups is 1. The third-order valence-electron chi connectivity index (χ3n) is 6.43. The Labute approximate surface area is 152 Å². The fourth-order valence-corrected chi connectivity index (χ4v) is 5.18. The van der Waals surface area contributed by atoms with Gasteiger partial charge >= 0.3 is 0 Å². The molecule has 0 aliphatic heterocycles. The first kappa shape index (κ1) is 16.1. The number of nitrogens with one attached hydrogen (secondary N) is 1. The van der Waals surface area contributed by atoms with Gasteiger partial charge in [-0.1, -0.05) is 55.8 Å². The first-order chi connectivity index (χ1) is 11.4. The first-order valence-corrected chi connectivity index (χ1v) is 9.64. The molecule has 1 N–H and O–H groups in total. The summed E-state index contributed by atoms with van der Waals surface area (Å²) in [7, 11) is 0. The highest BCUT2D eigenvalue weighted by molar-refractivity contribution is 7.18. The summed E-state index contributed by atoms with van der Waals surface area (Å²) in [5.74, 6) is 0.768. The van der Waals surface area contributed by atoms with Crippen LogP contribution >= 0.6 is 22.9 Å². The van der Waals surface area contributed by atoms with Crippen molar-refractivity contribution >= 4 is 33.8 Å². The Morgan fingerprint density at radius 1 is 1.25 bits per heavy atom. The van der Waals surface area contributed by atoms with Gasteiger partial charge in [0.2, 0.25) is 5.13 Å². The van der Waals surface area contributed by atoms with Gasteiger partial charge in [0, 0.05) is 22.3 Å². The van der Waals surface area contributed by atoms with Crippen molar-refractivity contribution < 1.29 is 0 Å². The molecule has 24 heavy (non-hydrogen) atoms. The van der Waals surface area contributed by atoms with Crippen LogP contribution < -0.4 is 5.43 Å². The average Bonchev–Trinajstić information content (AvgIpc) is 3.16. The molecular weight excluding hydrogens is 338 g/mol. The first-order valence-electron chi connectivity index (χ1n) is 8.45. The molecule has 0 radical (unpaired) electrons. The molecule has 0 spiro atoms. The minimum absolute atomic E-state index is 0.223. The van der Waals surface area contributed by atoms with E-state index in [0.717, 1.165) is 32.9 Å². The van der Waals surface area contributed by atoms with E-state index in [2.05, 4.69) is 31.2 Å². The molecule has 3 nitrogen and oxygen atoms in total. The molecule has 5 heteroatoms. The highest BCUT2D eigenvalue weighted by Crippen LogP contribution is 2.63. The Balaban J connectivity index is 1.52. The number of rotatable bonds is 3. The second-order valence-electron chi connectivity index (χ2n) is 7.70. The van der Waals surface area contributed by atoms with Gasteiger partial charge in [-0.15, -0.1) is 0 Å². The van der Waals surface area contributed by atoms with Gasteiger partial charge in [0.25, 0.3) is 0 Å². The van der Waals surface area contributed by atoms with Crippen molar-refractivity contribution in [3.05, 3.63) is 35.5 Å². The Kier molecular flexibility index (Phi) is 3.73. The molecule has 1 aromatic carbocycles. The third kappa shape index (κ3) is 2.39. The molecule has 0 amide bonds. The van der Waals surface area contributed by atoms with E-state index < -0.39 is 0 Å². The number of thiazole rings is 1. The molecule has 1 heterocycles. The standard InChI is InChI=1S/C19H22ClN3S/c1-18(2)13-8-9-19(18,3)16(10-13)22-23-17-21-11-15(24-17)12-4-6-14(20)7-5-12/h4-7,11,13H,8-10H2,1-3H3,(H,21,23)/b22-16+/t13-,19+/m1/s1. The monoisotopic (exact) mass is 359 g/mol. The summed E-state index contributed by atoms with van der Waals surface area (Å²) in [5.41, 5.74) is 6.22. The maximum absolute atomic E-state index is 5.95. The van der Waals surface area contributed by atoms with Gasteiger partial charge in [-0.3, -0.25) is 5.43 Å². The van der Waals surface area contributed by atoms with Crippen LogP contribution in [0.15, 0.2) is 35.6 Å². The zero-order valence-corrected chi connectivity index (χ0v) is 15.8. The fraction of sp³-hybridized carbons (Fsp3) is 0.474. The highest BCUT2D eigenvalue weighted by atomic mass is 35.5. The molecule has 2 atom stereocenters. The van der Waals surface area contributed by atoms with Gasteiger partial charge in [-0.25, -0.2) is 4.98 Å². The molecule has 0 saturated heterocycles. The van der Waals surface area contributed by atoms with E-state index >= 15 is 0 Å². The van der Waals surface area contributed by atoms with E-state index in [1.165, 1.54) is 18.6 Å². The quantitative estimate of drug-likeness (QED) is 0.674. The number of benzene rings is 1. The smallest absolute Gasteiger partial charge is 0.203 e. The topological polar surface area (TPSA) is 37.3 Å². The highest BCUT2D eigenvalue weighted by Gasteiger charge is 2.59. The number of nitrogens with zero attached hydrogens (tertiary/aromatic N) is 2. The van der Waals surface area contributed by atoms with Gasteiger partial charge < -0.3 is 0 Å². The van der Waals surface area contributed by atoms with Crippen LogP contribution in [0.25, 0.3) is 10.4 Å². The minimum atomic E-state index is 0.223. The summed E-state index contributed by atoms with van der Waals surface area (Å²) in [4.78, 5) is 5.58. The van der Waals surface area contributed by atoms with Crippen molar-refractivity contribution in [3.8, 4) is 10.4 Å². The van der Waals surface area contributed by atoms with E-state index in [9.17, 15) is 0 Å². The molecule has 1 aromatic heterocycles. The van der Waals surface area contributed by atoms with Crippen molar-refractivity contribution in [3.63, 3.8) is 0 Å². The Bertz CT molecular complexity index is 793. The molecule has 2 bridgehead atoms. The number of halogens is 1. The van der Waals surface area contributed by atoms with Crippen molar-refractivity contribution in [2.75, 3.05) is 5.43 Å². The number of hydrogen-bond donors (Lipinski definition) is 1. The lowest BCUT2D eigenvalue weighted by Gasteiger charge is -2.34. The second kappa shape index (κ2) is 5.57. The molecular formula is C19H22ClN3S. The van der Waals surface area contributed by atoms with Gasteiger partial charge in [0.1, 0.15) is 0 Å². The van der Waals surface area contributed by atoms with Crippen molar-refractivity contribution in [2.24, 2.45) is 21.8 Å². The molecule has 126 valence electrons. The van der Waals surface area contributed by atoms with Crippen LogP contribution in [0.2, 0.25) is 5.02 Å². The summed E-state index contributed by atoms with van der Waals surface area (Å²) in [6.07, 6.45) is 5.59. The average molecular weight is 360 g/mol. The van der Waals surface area contributed by atoms with Crippen LogP contribution in [-0.4, -0.2) is 10.7 Å². The van der Waals surface area contributed by atoms with Crippen molar-refractivity contribution in [1.82, 2.24) is 4.98 Å². The van der Waals surface area contributed by atoms with E-state index in [0.29, 0.717) is 5.41 Å². The Hall–Kier alpha value is -1.39. The lowest BCUT2D eigenvalue weighted by atomic mass is 9.70. The van der Waals surface area contributed by atoms with Gasteiger partial charge in [0.05, 0.1) is 4.88 Å². The summed E-state index contributed by atoms with van der Waals surface area (Å²) < 4.78 is 0. The van der Waals surface area contributed by atoms with Crippen LogP contribution in [0.1, 0.15) is 40.0 Å². The summed E-state index contributed by atoms with van der Waals surface area (Å²) >= 11 is 7.57. The predicted molar refractivity (Wildman–Crippen MR) is 103 cm³/mol. The zero-order chi connectivity index (χ0) is 16.9. The molecule has 2 saturated carbocycles. The number of fused-ring (bicyclic) bond motifs is 2. The largest absolute Gasteiger partial charge is 0.253 e. The Morgan fingerprint density at radius 2 is 2.00 bits per heavy atom. The fourth-order valence-electron chi connectivity index (χ4n) is 4.29. The number of hydrogen-bond acceptors (Lipinski definition) is 4. The minimum Gasteiger partial charge on any atom is -0.253 e. The molecule has 2 aromatic rings. The zero-order valence-electron chi connectivity index (χ0n) is 14.3. The predicted octanol–water partition coefficient (Wildman–Crippen LogP) is 6.08. The van der Waals surface area contributed by atoms with Crippen molar-refractivity contribution in [1.29, 1.82) is 0 Å². The van der Waals surface area contributed by atoms with Crippen LogP contribution in [-0.2, 0) is 0 Å². The van der Waals surface area contributed by atoms with Crippen LogP contribution in [0.4, 0.5) is 5.13 Å². The summed E-state index contributed by atoms with van der Waals surface area (Å²) in [6, 6.07) is 7.85. The van der Waals surface area contributed by atoms with Crippen LogP contribution in [0.5, 0.6) is 0 Å². The van der Waals surface area contributed by atoms with E-state index in [1.54, 1.807) is 11.3 Å². The van der Waals surface area contributed by atoms with Crippen LogP contribution in [0.3, 0.4) is 0 Å². The maximum Gasteiger partial charge on any atom is 0.203 e. The van der Waals surface area contributed by atoms with Crippen LogP contribution in [0, 0.1) is 16.7 Å². The normalized spacial score (nSPS) is 29.3. The third-order valence-corrected chi connectivity index (χ3v) is 7.64. The van der Waals surface area contributed by atoms with Crippen molar-refractivity contribution in [2.45, 2.75) is 40.0 Å². The maximum atomic E-state index is 5.95. The van der Waals surface area contributed by atoms with Gasteiger partial charge in [0.15, 0.2) is 0 Å². The van der Waals surface area contributed by atoms with Gasteiger partial charge in [-0.05, 0) is 48.3 Å². The number of anilines is 1.